The second kappa shape index (κ2) is 7.95. The maximum Gasteiger partial charge on any atom is 0.269 e. The molecule has 0 saturated carbocycles. The predicted molar refractivity (Wildman–Crippen MR) is 119 cm³/mol. The summed E-state index contributed by atoms with van der Waals surface area (Å²) in [7, 11) is -3.83. The number of nitrogens with zero attached hydrogens (tertiary/aromatic N) is 4. The molecule has 0 saturated heterocycles. The Bertz CT molecular complexity index is 1410. The van der Waals surface area contributed by atoms with E-state index in [0.717, 1.165) is 21.3 Å². The van der Waals surface area contributed by atoms with Crippen LogP contribution in [0.25, 0.3) is 17.1 Å². The summed E-state index contributed by atoms with van der Waals surface area (Å²) < 4.78 is 33.8. The van der Waals surface area contributed by atoms with Gasteiger partial charge in [-0.05, 0) is 37.3 Å². The SMILES string of the molecule is Cc1occc1-c1nnc(SCCN2C(=O)c3ccccc3S2(=O)=O)n1-c1ccccc1. The number of amides is 1. The number of fused-ring (bicyclic) bond motifs is 1. The molecule has 0 fully saturated rings. The normalized spacial score (nSPS) is 14.7. The van der Waals surface area contributed by atoms with E-state index in [2.05, 4.69) is 10.2 Å². The van der Waals surface area contributed by atoms with E-state index < -0.39 is 15.9 Å². The van der Waals surface area contributed by atoms with Crippen LogP contribution in [0.15, 0.2) is 81.4 Å². The van der Waals surface area contributed by atoms with Crippen molar-refractivity contribution in [3.63, 3.8) is 0 Å². The molecule has 0 bridgehead atoms. The molecule has 4 aromatic rings. The number of para-hydroxylation sites is 1. The summed E-state index contributed by atoms with van der Waals surface area (Å²) >= 11 is 1.33. The molecular weight excluding hydrogens is 448 g/mol. The quantitative estimate of drug-likeness (QED) is 0.399. The number of carbonyl (C=O) groups is 1. The average Bonchev–Trinajstić information content (AvgIpc) is 3.46. The lowest BCUT2D eigenvalue weighted by molar-refractivity contribution is 0.0876. The summed E-state index contributed by atoms with van der Waals surface area (Å²) in [6, 6.07) is 17.7. The van der Waals surface area contributed by atoms with E-state index in [1.807, 2.05) is 47.9 Å². The van der Waals surface area contributed by atoms with Gasteiger partial charge in [0.05, 0.1) is 17.4 Å². The molecule has 32 heavy (non-hydrogen) atoms. The van der Waals surface area contributed by atoms with E-state index in [0.29, 0.717) is 16.7 Å². The fourth-order valence-corrected chi connectivity index (χ4v) is 6.20. The van der Waals surface area contributed by atoms with Crippen molar-refractivity contribution in [1.82, 2.24) is 19.1 Å². The summed E-state index contributed by atoms with van der Waals surface area (Å²) in [5.74, 6) is 1.18. The first kappa shape index (κ1) is 20.5. The lowest BCUT2D eigenvalue weighted by Gasteiger charge is -2.15. The minimum Gasteiger partial charge on any atom is -0.469 e. The van der Waals surface area contributed by atoms with Crippen LogP contribution in [0, 0.1) is 6.92 Å². The lowest BCUT2D eigenvalue weighted by Crippen LogP contribution is -2.32. The van der Waals surface area contributed by atoms with Gasteiger partial charge in [0.15, 0.2) is 11.0 Å². The van der Waals surface area contributed by atoms with Gasteiger partial charge in [-0.2, -0.15) is 0 Å². The van der Waals surface area contributed by atoms with Crippen molar-refractivity contribution in [1.29, 1.82) is 0 Å². The number of aromatic nitrogens is 3. The second-order valence-electron chi connectivity index (χ2n) is 7.09. The zero-order valence-corrected chi connectivity index (χ0v) is 18.6. The van der Waals surface area contributed by atoms with Crippen LogP contribution in [-0.2, 0) is 10.0 Å². The van der Waals surface area contributed by atoms with Crippen molar-refractivity contribution in [3.05, 3.63) is 78.3 Å². The fourth-order valence-electron chi connectivity index (χ4n) is 3.64. The number of rotatable bonds is 6. The highest BCUT2D eigenvalue weighted by atomic mass is 32.2. The predicted octanol–water partition coefficient (Wildman–Crippen LogP) is 3.77. The molecule has 1 aliphatic rings. The van der Waals surface area contributed by atoms with Crippen LogP contribution in [0.3, 0.4) is 0 Å². The molecule has 0 radical (unpaired) electrons. The Morgan fingerprint density at radius 3 is 2.44 bits per heavy atom. The summed E-state index contributed by atoms with van der Waals surface area (Å²) in [6.45, 7) is 1.88. The Hall–Kier alpha value is -3.37. The van der Waals surface area contributed by atoms with Crippen molar-refractivity contribution in [2.45, 2.75) is 17.0 Å². The van der Waals surface area contributed by atoms with E-state index in [9.17, 15) is 13.2 Å². The van der Waals surface area contributed by atoms with Gasteiger partial charge in [-0.25, -0.2) is 12.7 Å². The van der Waals surface area contributed by atoms with Gasteiger partial charge in [-0.3, -0.25) is 9.36 Å². The third-order valence-corrected chi connectivity index (χ3v) is 7.93. The van der Waals surface area contributed by atoms with Gasteiger partial charge in [-0.1, -0.05) is 42.1 Å². The molecule has 3 heterocycles. The minimum atomic E-state index is -3.83. The molecule has 2 aromatic carbocycles. The van der Waals surface area contributed by atoms with Crippen LogP contribution in [-0.4, -0.2) is 45.7 Å². The molecule has 0 unspecified atom stereocenters. The highest BCUT2D eigenvalue weighted by Crippen LogP contribution is 2.32. The van der Waals surface area contributed by atoms with E-state index in [1.165, 1.54) is 23.9 Å². The Morgan fingerprint density at radius 2 is 1.72 bits per heavy atom. The monoisotopic (exact) mass is 466 g/mol. The van der Waals surface area contributed by atoms with Gasteiger partial charge < -0.3 is 4.42 Å². The Kier molecular flexibility index (Phi) is 5.10. The van der Waals surface area contributed by atoms with Crippen LogP contribution >= 0.6 is 11.8 Å². The first-order valence-corrected chi connectivity index (χ1v) is 12.3. The van der Waals surface area contributed by atoms with E-state index in [4.69, 9.17) is 4.42 Å². The van der Waals surface area contributed by atoms with Crippen molar-refractivity contribution in [3.8, 4) is 17.1 Å². The molecule has 1 amide bonds. The molecule has 162 valence electrons. The maximum absolute atomic E-state index is 12.8. The third-order valence-electron chi connectivity index (χ3n) is 5.19. The van der Waals surface area contributed by atoms with Crippen LogP contribution < -0.4 is 0 Å². The fraction of sp³-hybridized carbons (Fsp3) is 0.136. The maximum atomic E-state index is 12.8. The molecule has 5 rings (SSSR count). The smallest absolute Gasteiger partial charge is 0.269 e. The highest BCUT2D eigenvalue weighted by molar-refractivity contribution is 7.99. The number of benzene rings is 2. The number of carbonyl (C=O) groups excluding carboxylic acids is 1. The largest absolute Gasteiger partial charge is 0.469 e. The van der Waals surface area contributed by atoms with Crippen LogP contribution in [0.1, 0.15) is 16.1 Å². The van der Waals surface area contributed by atoms with E-state index in [-0.39, 0.29) is 17.0 Å². The summed E-state index contributed by atoms with van der Waals surface area (Å²) in [4.78, 5) is 12.7. The number of hydrogen-bond donors (Lipinski definition) is 0. The third kappa shape index (κ3) is 3.32. The molecule has 8 nitrogen and oxygen atoms in total. The second-order valence-corrected chi connectivity index (χ2v) is 9.99. The average molecular weight is 467 g/mol. The summed E-state index contributed by atoms with van der Waals surface area (Å²) in [5, 5.41) is 9.28. The molecule has 0 N–H and O–H groups in total. The van der Waals surface area contributed by atoms with Crippen molar-refractivity contribution in [2.24, 2.45) is 0 Å². The van der Waals surface area contributed by atoms with Crippen LogP contribution in [0.4, 0.5) is 0 Å². The van der Waals surface area contributed by atoms with Gasteiger partial charge >= 0.3 is 0 Å². The number of thioether (sulfide) groups is 1. The number of hydrogen-bond acceptors (Lipinski definition) is 7. The lowest BCUT2D eigenvalue weighted by atomic mass is 10.2. The molecular formula is C22H18N4O4S2. The molecule has 10 heteroatoms. The molecule has 0 aliphatic carbocycles. The first-order chi connectivity index (χ1) is 15.5. The Labute approximate surface area is 188 Å². The van der Waals surface area contributed by atoms with Gasteiger partial charge in [0, 0.05) is 18.0 Å². The van der Waals surface area contributed by atoms with Crippen LogP contribution in [0.2, 0.25) is 0 Å². The minimum absolute atomic E-state index is 0.0300. The topological polar surface area (TPSA) is 98.3 Å². The van der Waals surface area contributed by atoms with E-state index >= 15 is 0 Å². The first-order valence-electron chi connectivity index (χ1n) is 9.82. The van der Waals surface area contributed by atoms with Crippen molar-refractivity contribution < 1.29 is 17.6 Å². The summed E-state index contributed by atoms with van der Waals surface area (Å²) in [6.07, 6.45) is 1.60. The zero-order chi connectivity index (χ0) is 22.3. The summed E-state index contributed by atoms with van der Waals surface area (Å²) in [5.41, 5.74) is 1.90. The van der Waals surface area contributed by atoms with Gasteiger partial charge in [0.2, 0.25) is 0 Å². The van der Waals surface area contributed by atoms with Gasteiger partial charge in [0.1, 0.15) is 10.7 Å². The van der Waals surface area contributed by atoms with Gasteiger partial charge in [0.25, 0.3) is 15.9 Å². The van der Waals surface area contributed by atoms with Crippen molar-refractivity contribution in [2.75, 3.05) is 12.3 Å². The number of aryl methyl sites for hydroxylation is 1. The zero-order valence-electron chi connectivity index (χ0n) is 17.0. The van der Waals surface area contributed by atoms with E-state index in [1.54, 1.807) is 18.4 Å². The van der Waals surface area contributed by atoms with Gasteiger partial charge in [-0.15, -0.1) is 10.2 Å². The molecule has 2 aromatic heterocycles. The molecule has 1 aliphatic heterocycles. The van der Waals surface area contributed by atoms with Crippen LogP contribution in [0.5, 0.6) is 0 Å². The number of sulfonamides is 1. The highest BCUT2D eigenvalue weighted by Gasteiger charge is 2.40. The Balaban J connectivity index is 1.42. The number of furan rings is 1. The van der Waals surface area contributed by atoms with Crippen molar-refractivity contribution >= 4 is 27.7 Å². The molecule has 0 atom stereocenters. The standard InChI is InChI=1S/C22H18N4O4S2/c1-15-17(11-13-30-15)20-23-24-22(26(20)16-7-3-2-4-8-16)31-14-12-25-21(27)18-9-5-6-10-19(18)32(25,28)29/h2-11,13H,12,14H2,1H3. The molecule has 0 spiro atoms. The Morgan fingerprint density at radius 1 is 0.969 bits per heavy atom.